The van der Waals surface area contributed by atoms with E-state index in [4.69, 9.17) is 14.8 Å². The summed E-state index contributed by atoms with van der Waals surface area (Å²) < 4.78 is 33.5. The number of aliphatic hydroxyl groups excluding tert-OH is 1. The number of nitrogens with zero attached hydrogens (tertiary/aromatic N) is 4. The Morgan fingerprint density at radius 1 is 1.11 bits per heavy atom. The smallest absolute Gasteiger partial charge is 0.251 e. The van der Waals surface area contributed by atoms with E-state index < -0.39 is 11.6 Å². The van der Waals surface area contributed by atoms with Gasteiger partial charge in [0, 0.05) is 37.8 Å². The van der Waals surface area contributed by atoms with Gasteiger partial charge in [0.25, 0.3) is 5.91 Å². The Kier molecular flexibility index (Phi) is 6.74. The molecule has 3 heterocycles. The van der Waals surface area contributed by atoms with Crippen LogP contribution in [0.1, 0.15) is 34.8 Å². The lowest BCUT2D eigenvalue weighted by atomic mass is 10.0. The van der Waals surface area contributed by atoms with E-state index in [1.54, 1.807) is 18.3 Å². The maximum absolute atomic E-state index is 14.0. The highest BCUT2D eigenvalue weighted by atomic mass is 19.1. The van der Waals surface area contributed by atoms with Gasteiger partial charge in [-0.3, -0.25) is 9.78 Å². The Hall–Kier alpha value is -3.37. The van der Waals surface area contributed by atoms with E-state index >= 15 is 0 Å². The summed E-state index contributed by atoms with van der Waals surface area (Å²) in [6.45, 7) is 3.21. The van der Waals surface area contributed by atoms with Crippen molar-refractivity contribution in [1.82, 2.24) is 15.3 Å². The first-order chi connectivity index (χ1) is 17.0. The summed E-state index contributed by atoms with van der Waals surface area (Å²) in [5.41, 5.74) is 2.78. The summed E-state index contributed by atoms with van der Waals surface area (Å²) in [5.74, 6) is -0.868. The summed E-state index contributed by atoms with van der Waals surface area (Å²) in [5, 5.41) is 11.8. The largest absolute Gasteiger partial charge is 0.395 e. The van der Waals surface area contributed by atoms with Gasteiger partial charge in [-0.25, -0.2) is 13.8 Å². The minimum Gasteiger partial charge on any atom is -0.395 e. The zero-order valence-electron chi connectivity index (χ0n) is 19.2. The Labute approximate surface area is 201 Å². The molecule has 0 aliphatic carbocycles. The number of halogens is 2. The molecule has 2 fully saturated rings. The molecule has 0 bridgehead atoms. The molecule has 2 saturated heterocycles. The molecule has 5 rings (SSSR count). The van der Waals surface area contributed by atoms with Crippen LogP contribution in [0.25, 0.3) is 11.0 Å². The van der Waals surface area contributed by atoms with Gasteiger partial charge in [0.2, 0.25) is 0 Å². The standard InChI is InChI=1S/C25H27F2N5O3/c26-18-10-16(11-19(27)14-18)21-2-1-4-32(21)22-13-17(25(34)28-3-7-33)12-20-24(22)30-23(15-29-20)31-5-8-35-9-6-31/h10-15,21,33H,1-9H2,(H,28,34). The predicted octanol–water partition coefficient (Wildman–Crippen LogP) is 2.81. The Balaban J connectivity index is 1.61. The number of morpholine rings is 1. The molecule has 1 atom stereocenters. The number of fused-ring (bicyclic) bond motifs is 1. The first-order valence-corrected chi connectivity index (χ1v) is 11.8. The molecule has 2 aliphatic heterocycles. The van der Waals surface area contributed by atoms with Crippen molar-refractivity contribution in [1.29, 1.82) is 0 Å². The minimum atomic E-state index is -0.622. The number of rotatable bonds is 6. The van der Waals surface area contributed by atoms with Crippen LogP contribution in [0.3, 0.4) is 0 Å². The first kappa shape index (κ1) is 23.4. The van der Waals surface area contributed by atoms with Crippen LogP contribution in [-0.2, 0) is 4.74 Å². The number of hydrogen-bond donors (Lipinski definition) is 2. The Bertz CT molecular complexity index is 1210. The van der Waals surface area contributed by atoms with Gasteiger partial charge in [-0.1, -0.05) is 0 Å². The molecular weight excluding hydrogens is 456 g/mol. The third kappa shape index (κ3) is 4.89. The fourth-order valence-electron chi connectivity index (χ4n) is 4.82. The number of ether oxygens (including phenoxy) is 1. The summed E-state index contributed by atoms with van der Waals surface area (Å²) >= 11 is 0. The fraction of sp³-hybridized carbons (Fsp3) is 0.400. The SMILES string of the molecule is O=C(NCCO)c1cc(N2CCCC2c2cc(F)cc(F)c2)c2nc(N3CCOCC3)cnc2c1. The van der Waals surface area contributed by atoms with Gasteiger partial charge in [0.15, 0.2) is 0 Å². The molecule has 1 aromatic heterocycles. The van der Waals surface area contributed by atoms with Crippen LogP contribution in [0.5, 0.6) is 0 Å². The van der Waals surface area contributed by atoms with E-state index in [9.17, 15) is 13.6 Å². The monoisotopic (exact) mass is 483 g/mol. The van der Waals surface area contributed by atoms with Crippen molar-refractivity contribution in [2.75, 3.05) is 55.8 Å². The predicted molar refractivity (Wildman–Crippen MR) is 128 cm³/mol. The Morgan fingerprint density at radius 2 is 1.89 bits per heavy atom. The van der Waals surface area contributed by atoms with Crippen molar-refractivity contribution in [3.05, 3.63) is 59.3 Å². The van der Waals surface area contributed by atoms with E-state index in [1.807, 2.05) is 0 Å². The van der Waals surface area contributed by atoms with E-state index in [0.29, 0.717) is 72.9 Å². The topological polar surface area (TPSA) is 90.8 Å². The van der Waals surface area contributed by atoms with Crippen molar-refractivity contribution in [2.24, 2.45) is 0 Å². The lowest BCUT2D eigenvalue weighted by molar-refractivity contribution is 0.0945. The molecule has 3 aromatic rings. The van der Waals surface area contributed by atoms with Gasteiger partial charge >= 0.3 is 0 Å². The Morgan fingerprint density at radius 3 is 2.63 bits per heavy atom. The van der Waals surface area contributed by atoms with Gasteiger partial charge < -0.3 is 25.0 Å². The van der Waals surface area contributed by atoms with Crippen molar-refractivity contribution in [3.8, 4) is 0 Å². The second kappa shape index (κ2) is 10.1. The third-order valence-electron chi connectivity index (χ3n) is 6.44. The van der Waals surface area contributed by atoms with Crippen LogP contribution in [0.15, 0.2) is 36.5 Å². The normalized spacial score (nSPS) is 18.3. The second-order valence-electron chi connectivity index (χ2n) is 8.72. The highest BCUT2D eigenvalue weighted by Crippen LogP contribution is 2.40. The molecule has 1 amide bonds. The van der Waals surface area contributed by atoms with Crippen LogP contribution in [0, 0.1) is 11.6 Å². The molecule has 2 aliphatic rings. The average Bonchev–Trinajstić information content (AvgIpc) is 3.36. The molecule has 8 nitrogen and oxygen atoms in total. The van der Waals surface area contributed by atoms with E-state index in [-0.39, 0.29) is 25.1 Å². The maximum Gasteiger partial charge on any atom is 0.251 e. The summed E-state index contributed by atoms with van der Waals surface area (Å²) in [7, 11) is 0. The van der Waals surface area contributed by atoms with Gasteiger partial charge in [0.05, 0.1) is 43.3 Å². The molecule has 0 spiro atoms. The molecule has 2 N–H and O–H groups in total. The third-order valence-corrected chi connectivity index (χ3v) is 6.44. The quantitative estimate of drug-likeness (QED) is 0.557. The van der Waals surface area contributed by atoms with Gasteiger partial charge in [-0.05, 0) is 42.7 Å². The number of aromatic nitrogens is 2. The number of nitrogens with one attached hydrogen (secondary N) is 1. The van der Waals surface area contributed by atoms with Crippen LogP contribution in [-0.4, -0.2) is 67.0 Å². The zero-order valence-corrected chi connectivity index (χ0v) is 19.2. The molecule has 10 heteroatoms. The van der Waals surface area contributed by atoms with E-state index in [2.05, 4.69) is 20.1 Å². The van der Waals surface area contributed by atoms with Gasteiger partial charge in [-0.2, -0.15) is 0 Å². The molecule has 35 heavy (non-hydrogen) atoms. The van der Waals surface area contributed by atoms with Crippen molar-refractivity contribution >= 4 is 28.4 Å². The molecular formula is C25H27F2N5O3. The van der Waals surface area contributed by atoms with Crippen molar-refractivity contribution in [3.63, 3.8) is 0 Å². The number of benzene rings is 2. The average molecular weight is 484 g/mol. The van der Waals surface area contributed by atoms with Crippen LogP contribution < -0.4 is 15.1 Å². The summed E-state index contributed by atoms with van der Waals surface area (Å²) in [6.07, 6.45) is 3.22. The number of aliphatic hydroxyl groups is 1. The van der Waals surface area contributed by atoms with E-state index in [0.717, 1.165) is 12.5 Å². The lowest BCUT2D eigenvalue weighted by Gasteiger charge is -2.30. The molecule has 1 unspecified atom stereocenters. The van der Waals surface area contributed by atoms with Crippen molar-refractivity contribution < 1.29 is 23.4 Å². The number of carbonyl (C=O) groups excluding carboxylic acids is 1. The zero-order chi connectivity index (χ0) is 24.4. The fourth-order valence-corrected chi connectivity index (χ4v) is 4.82. The van der Waals surface area contributed by atoms with E-state index in [1.165, 1.54) is 12.1 Å². The second-order valence-corrected chi connectivity index (χ2v) is 8.72. The number of carbonyl (C=O) groups is 1. The van der Waals surface area contributed by atoms with Crippen LogP contribution in [0.2, 0.25) is 0 Å². The first-order valence-electron chi connectivity index (χ1n) is 11.8. The number of anilines is 2. The maximum atomic E-state index is 14.0. The van der Waals surface area contributed by atoms with Crippen LogP contribution >= 0.6 is 0 Å². The van der Waals surface area contributed by atoms with Crippen molar-refractivity contribution in [2.45, 2.75) is 18.9 Å². The molecule has 0 radical (unpaired) electrons. The van der Waals surface area contributed by atoms with Crippen LogP contribution in [0.4, 0.5) is 20.3 Å². The highest BCUT2D eigenvalue weighted by Gasteiger charge is 2.30. The molecule has 184 valence electrons. The molecule has 0 saturated carbocycles. The number of amides is 1. The minimum absolute atomic E-state index is 0.128. The van der Waals surface area contributed by atoms with Gasteiger partial charge in [-0.15, -0.1) is 0 Å². The number of hydrogen-bond acceptors (Lipinski definition) is 7. The molecule has 2 aromatic carbocycles. The summed E-state index contributed by atoms with van der Waals surface area (Å²) in [4.78, 5) is 26.4. The van der Waals surface area contributed by atoms with Gasteiger partial charge in [0.1, 0.15) is 23.0 Å². The highest BCUT2D eigenvalue weighted by molar-refractivity contribution is 6.01. The summed E-state index contributed by atoms with van der Waals surface area (Å²) in [6, 6.07) is 6.74. The lowest BCUT2D eigenvalue weighted by Crippen LogP contribution is -2.36.